The summed E-state index contributed by atoms with van der Waals surface area (Å²) in [5, 5.41) is 0. The fraction of sp³-hybridized carbons (Fsp3) is 0.533. The van der Waals surface area contributed by atoms with Gasteiger partial charge in [0, 0.05) is 18.5 Å². The highest BCUT2D eigenvalue weighted by Gasteiger charge is 2.30. The average Bonchev–Trinajstić information content (AvgIpc) is 2.34. The lowest BCUT2D eigenvalue weighted by atomic mass is 9.84. The first-order valence-corrected chi connectivity index (χ1v) is 6.54. The van der Waals surface area contributed by atoms with E-state index in [1.807, 2.05) is 36.2 Å². The average molecular weight is 247 g/mol. The van der Waals surface area contributed by atoms with Crippen molar-refractivity contribution < 1.29 is 9.53 Å². The van der Waals surface area contributed by atoms with Crippen molar-refractivity contribution in [1.29, 1.82) is 0 Å². The molecule has 98 valence electrons. The summed E-state index contributed by atoms with van der Waals surface area (Å²) in [4.78, 5) is 14.1. The number of para-hydroxylation sites is 1. The minimum absolute atomic E-state index is 0.0502. The highest BCUT2D eigenvalue weighted by Crippen LogP contribution is 2.33. The summed E-state index contributed by atoms with van der Waals surface area (Å²) in [5.74, 6) is 1.35. The molecular formula is C15H21NO2. The fourth-order valence-corrected chi connectivity index (χ4v) is 2.35. The molecule has 1 aromatic carbocycles. The Morgan fingerprint density at radius 1 is 1.39 bits per heavy atom. The lowest BCUT2D eigenvalue weighted by Crippen LogP contribution is -2.37. The van der Waals surface area contributed by atoms with Gasteiger partial charge in [0.15, 0.2) is 0 Å². The van der Waals surface area contributed by atoms with E-state index in [1.54, 1.807) is 7.11 Å². The molecule has 0 aromatic heterocycles. The van der Waals surface area contributed by atoms with E-state index in [-0.39, 0.29) is 17.9 Å². The smallest absolute Gasteiger partial charge is 0.225 e. The summed E-state index contributed by atoms with van der Waals surface area (Å²) < 4.78 is 5.36. The fourth-order valence-electron chi connectivity index (χ4n) is 2.35. The van der Waals surface area contributed by atoms with Gasteiger partial charge in [-0.05, 0) is 25.8 Å². The number of carbonyl (C=O) groups is 1. The van der Waals surface area contributed by atoms with Gasteiger partial charge in [-0.1, -0.05) is 24.6 Å². The molecule has 0 N–H and O–H groups in total. The Labute approximate surface area is 109 Å². The molecule has 0 aliphatic heterocycles. The number of nitrogens with zero attached hydrogens (tertiary/aromatic N) is 1. The predicted molar refractivity (Wildman–Crippen MR) is 71.5 cm³/mol. The van der Waals surface area contributed by atoms with Gasteiger partial charge in [0.1, 0.15) is 5.75 Å². The Kier molecular flexibility index (Phi) is 3.90. The molecule has 1 atom stereocenters. The van der Waals surface area contributed by atoms with Gasteiger partial charge >= 0.3 is 0 Å². The predicted octanol–water partition coefficient (Wildman–Crippen LogP) is 3.01. The third kappa shape index (κ3) is 2.35. The van der Waals surface area contributed by atoms with Crippen LogP contribution in [-0.2, 0) is 4.79 Å². The monoisotopic (exact) mass is 247 g/mol. The van der Waals surface area contributed by atoms with Crippen molar-refractivity contribution in [3.8, 4) is 5.75 Å². The van der Waals surface area contributed by atoms with Gasteiger partial charge in [-0.2, -0.15) is 0 Å². The largest absolute Gasteiger partial charge is 0.496 e. The van der Waals surface area contributed by atoms with Crippen molar-refractivity contribution in [3.63, 3.8) is 0 Å². The Morgan fingerprint density at radius 3 is 2.61 bits per heavy atom. The van der Waals surface area contributed by atoms with Gasteiger partial charge in [0.2, 0.25) is 5.91 Å². The zero-order valence-corrected chi connectivity index (χ0v) is 11.3. The van der Waals surface area contributed by atoms with E-state index in [2.05, 4.69) is 6.92 Å². The van der Waals surface area contributed by atoms with Gasteiger partial charge in [-0.3, -0.25) is 4.79 Å². The van der Waals surface area contributed by atoms with Crippen molar-refractivity contribution in [2.24, 2.45) is 5.92 Å². The van der Waals surface area contributed by atoms with E-state index in [0.29, 0.717) is 0 Å². The van der Waals surface area contributed by atoms with E-state index in [0.717, 1.165) is 24.2 Å². The van der Waals surface area contributed by atoms with Crippen molar-refractivity contribution in [2.45, 2.75) is 32.2 Å². The molecule has 1 fully saturated rings. The zero-order chi connectivity index (χ0) is 13.1. The molecule has 0 radical (unpaired) electrons. The summed E-state index contributed by atoms with van der Waals surface area (Å²) in [5.41, 5.74) is 1.06. The van der Waals surface area contributed by atoms with Crippen LogP contribution in [0.5, 0.6) is 5.75 Å². The van der Waals surface area contributed by atoms with E-state index in [9.17, 15) is 4.79 Å². The minimum Gasteiger partial charge on any atom is -0.496 e. The Hall–Kier alpha value is -1.51. The zero-order valence-electron chi connectivity index (χ0n) is 11.3. The standard InChI is InChI=1S/C15H21NO2/c1-11(13-9-4-5-10-14(13)18-3)16(2)15(17)12-7-6-8-12/h4-5,9-12H,6-8H2,1-3H3. The van der Waals surface area contributed by atoms with Crippen molar-refractivity contribution in [1.82, 2.24) is 4.90 Å². The first-order chi connectivity index (χ1) is 8.65. The molecular weight excluding hydrogens is 226 g/mol. The molecule has 1 aliphatic carbocycles. The van der Waals surface area contributed by atoms with Gasteiger partial charge in [-0.25, -0.2) is 0 Å². The third-order valence-electron chi connectivity index (χ3n) is 3.97. The Balaban J connectivity index is 2.14. The van der Waals surface area contributed by atoms with Gasteiger partial charge < -0.3 is 9.64 Å². The normalized spacial score (nSPS) is 16.8. The molecule has 1 unspecified atom stereocenters. The number of amides is 1. The van der Waals surface area contributed by atoms with E-state index < -0.39 is 0 Å². The number of rotatable bonds is 4. The summed E-state index contributed by atoms with van der Waals surface area (Å²) >= 11 is 0. The summed E-state index contributed by atoms with van der Waals surface area (Å²) in [7, 11) is 3.55. The highest BCUT2D eigenvalue weighted by atomic mass is 16.5. The molecule has 0 saturated heterocycles. The lowest BCUT2D eigenvalue weighted by Gasteiger charge is -2.33. The molecule has 0 bridgehead atoms. The van der Waals surface area contributed by atoms with Crippen molar-refractivity contribution in [2.75, 3.05) is 14.2 Å². The Morgan fingerprint density at radius 2 is 2.06 bits per heavy atom. The molecule has 0 spiro atoms. The quantitative estimate of drug-likeness (QED) is 0.818. The Bertz CT molecular complexity index is 426. The summed E-state index contributed by atoms with van der Waals surface area (Å²) in [6, 6.07) is 7.94. The lowest BCUT2D eigenvalue weighted by molar-refractivity contribution is -0.138. The number of hydrogen-bond donors (Lipinski definition) is 0. The van der Waals surface area contributed by atoms with Gasteiger partial charge in [0.25, 0.3) is 0 Å². The third-order valence-corrected chi connectivity index (χ3v) is 3.97. The van der Waals surface area contributed by atoms with Crippen LogP contribution < -0.4 is 4.74 Å². The SMILES string of the molecule is COc1ccccc1C(C)N(C)C(=O)C1CCC1. The number of hydrogen-bond acceptors (Lipinski definition) is 2. The van der Waals surface area contributed by atoms with Crippen LogP contribution in [0, 0.1) is 5.92 Å². The molecule has 3 nitrogen and oxygen atoms in total. The van der Waals surface area contributed by atoms with Crippen LogP contribution in [-0.4, -0.2) is 25.0 Å². The summed E-state index contributed by atoms with van der Waals surface area (Å²) in [6.45, 7) is 2.05. The van der Waals surface area contributed by atoms with Gasteiger partial charge in [0.05, 0.1) is 13.2 Å². The molecule has 1 amide bonds. The van der Waals surface area contributed by atoms with E-state index >= 15 is 0 Å². The maximum Gasteiger partial charge on any atom is 0.225 e. The number of carbonyl (C=O) groups excluding carboxylic acids is 1. The molecule has 3 heteroatoms. The first kappa shape index (κ1) is 12.9. The van der Waals surface area contributed by atoms with Crippen LogP contribution in [0.15, 0.2) is 24.3 Å². The first-order valence-electron chi connectivity index (χ1n) is 6.54. The molecule has 0 heterocycles. The molecule has 18 heavy (non-hydrogen) atoms. The maximum atomic E-state index is 12.2. The second-order valence-electron chi connectivity index (χ2n) is 4.99. The maximum absolute atomic E-state index is 12.2. The van der Waals surface area contributed by atoms with Crippen molar-refractivity contribution in [3.05, 3.63) is 29.8 Å². The van der Waals surface area contributed by atoms with Crippen LogP contribution in [0.4, 0.5) is 0 Å². The van der Waals surface area contributed by atoms with Crippen LogP contribution in [0.2, 0.25) is 0 Å². The number of ether oxygens (including phenoxy) is 1. The summed E-state index contributed by atoms with van der Waals surface area (Å²) in [6.07, 6.45) is 3.27. The molecule has 1 aliphatic rings. The number of methoxy groups -OCH3 is 1. The topological polar surface area (TPSA) is 29.5 Å². The van der Waals surface area contributed by atoms with Crippen LogP contribution in [0.3, 0.4) is 0 Å². The van der Waals surface area contributed by atoms with Crippen LogP contribution in [0.1, 0.15) is 37.8 Å². The second-order valence-corrected chi connectivity index (χ2v) is 4.99. The van der Waals surface area contributed by atoms with Crippen LogP contribution in [0.25, 0.3) is 0 Å². The number of benzene rings is 1. The highest BCUT2D eigenvalue weighted by molar-refractivity contribution is 5.79. The second kappa shape index (κ2) is 5.42. The van der Waals surface area contributed by atoms with Crippen molar-refractivity contribution >= 4 is 5.91 Å². The minimum atomic E-state index is 0.0502. The molecule has 1 aromatic rings. The molecule has 2 rings (SSSR count). The van der Waals surface area contributed by atoms with E-state index in [1.165, 1.54) is 6.42 Å². The van der Waals surface area contributed by atoms with Gasteiger partial charge in [-0.15, -0.1) is 0 Å². The molecule has 1 saturated carbocycles. The van der Waals surface area contributed by atoms with Crippen LogP contribution >= 0.6 is 0 Å². The van der Waals surface area contributed by atoms with E-state index in [4.69, 9.17) is 4.74 Å².